The minimum absolute atomic E-state index is 0.00572. The average Bonchev–Trinajstić information content (AvgIpc) is 3.58. The number of hydrogen-bond acceptors (Lipinski definition) is 6. The first kappa shape index (κ1) is 27.1. The van der Waals surface area contributed by atoms with Gasteiger partial charge in [0.2, 0.25) is 10.0 Å². The summed E-state index contributed by atoms with van der Waals surface area (Å²) in [5.41, 5.74) is 2.78. The molecule has 0 radical (unpaired) electrons. The van der Waals surface area contributed by atoms with Crippen LogP contribution in [-0.2, 0) is 35.7 Å². The zero-order chi connectivity index (χ0) is 26.9. The van der Waals surface area contributed by atoms with Crippen molar-refractivity contribution >= 4 is 44.5 Å². The van der Waals surface area contributed by atoms with Crippen LogP contribution >= 0.6 is 22.9 Å². The summed E-state index contributed by atoms with van der Waals surface area (Å²) < 4.78 is 32.9. The van der Waals surface area contributed by atoms with Crippen molar-refractivity contribution in [2.45, 2.75) is 56.3 Å². The van der Waals surface area contributed by atoms with Crippen molar-refractivity contribution < 1.29 is 22.7 Å². The number of sulfonamides is 1. The van der Waals surface area contributed by atoms with Crippen molar-refractivity contribution in [3.05, 3.63) is 79.5 Å². The molecule has 2 aromatic carbocycles. The third-order valence-electron chi connectivity index (χ3n) is 7.31. The molecule has 2 heterocycles. The molecule has 6 nitrogen and oxygen atoms in total. The van der Waals surface area contributed by atoms with Crippen LogP contribution in [0.15, 0.2) is 47.4 Å². The van der Waals surface area contributed by atoms with Crippen LogP contribution in [0.4, 0.5) is 0 Å². The van der Waals surface area contributed by atoms with E-state index < -0.39 is 10.0 Å². The number of aryl methyl sites for hydroxylation is 1. The minimum atomic E-state index is -3.69. The first-order valence-corrected chi connectivity index (χ1v) is 15.5. The molecule has 200 valence electrons. The molecule has 9 heteroatoms. The third kappa shape index (κ3) is 5.45. The van der Waals surface area contributed by atoms with Gasteiger partial charge in [-0.1, -0.05) is 23.7 Å². The van der Waals surface area contributed by atoms with Crippen LogP contribution in [0.3, 0.4) is 0 Å². The topological polar surface area (TPSA) is 80.8 Å². The molecule has 3 aromatic rings. The zero-order valence-corrected chi connectivity index (χ0v) is 23.7. The lowest BCUT2D eigenvalue weighted by molar-refractivity contribution is 0.0989. The van der Waals surface area contributed by atoms with Crippen LogP contribution in [0.5, 0.6) is 5.75 Å². The lowest BCUT2D eigenvalue weighted by Crippen LogP contribution is -2.28. The summed E-state index contributed by atoms with van der Waals surface area (Å²) in [5.74, 6) is 0.436. The van der Waals surface area contributed by atoms with Gasteiger partial charge in [0, 0.05) is 46.8 Å². The van der Waals surface area contributed by atoms with Crippen LogP contribution in [0, 0.1) is 0 Å². The second-order valence-electron chi connectivity index (χ2n) is 9.81. The summed E-state index contributed by atoms with van der Waals surface area (Å²) in [4.78, 5) is 29.1. The molecule has 38 heavy (non-hydrogen) atoms. The van der Waals surface area contributed by atoms with Gasteiger partial charge < -0.3 is 4.74 Å². The van der Waals surface area contributed by atoms with Crippen LogP contribution in [0.25, 0.3) is 0 Å². The van der Waals surface area contributed by atoms with Gasteiger partial charge in [0.05, 0.1) is 17.0 Å². The number of thiophene rings is 1. The molecule has 0 amide bonds. The number of methoxy groups -OCH3 is 1. The Balaban J connectivity index is 1.44. The van der Waals surface area contributed by atoms with E-state index in [9.17, 15) is 18.0 Å². The molecule has 2 aliphatic rings. The summed E-state index contributed by atoms with van der Waals surface area (Å²) in [6, 6.07) is 11.8. The Kier molecular flexibility index (Phi) is 8.05. The number of benzene rings is 2. The summed E-state index contributed by atoms with van der Waals surface area (Å²) >= 11 is 7.93. The van der Waals surface area contributed by atoms with Gasteiger partial charge in [-0.2, -0.15) is 4.31 Å². The molecule has 0 saturated carbocycles. The zero-order valence-electron chi connectivity index (χ0n) is 21.3. The fraction of sp³-hybridized carbons (Fsp3) is 0.379. The highest BCUT2D eigenvalue weighted by Crippen LogP contribution is 2.37. The standard InChI is InChI=1S/C29H30ClNO5S2/c1-36-20-10-8-19(9-11-20)16-26(33)29-22-6-2-3-7-27(22)37-28(29)18-25(32)23-17-21(12-13-24(23)30)38(34,35)31-14-4-5-15-31/h8-13,17H,2-7,14-16,18H2,1H3. The van der Waals surface area contributed by atoms with E-state index in [4.69, 9.17) is 16.3 Å². The number of carbonyl (C=O) groups excluding carboxylic acids is 2. The van der Waals surface area contributed by atoms with Gasteiger partial charge in [-0.25, -0.2) is 8.42 Å². The first-order chi connectivity index (χ1) is 18.3. The van der Waals surface area contributed by atoms with Gasteiger partial charge in [0.15, 0.2) is 11.6 Å². The number of hydrogen-bond donors (Lipinski definition) is 0. The summed E-state index contributed by atoms with van der Waals surface area (Å²) in [6.45, 7) is 0.962. The normalized spacial score (nSPS) is 15.8. The molecular weight excluding hydrogens is 542 g/mol. The second-order valence-corrected chi connectivity index (χ2v) is 13.3. The van der Waals surface area contributed by atoms with Gasteiger partial charge >= 0.3 is 0 Å². The summed E-state index contributed by atoms with van der Waals surface area (Å²) in [6.07, 6.45) is 5.71. The van der Waals surface area contributed by atoms with Crippen LogP contribution in [0.2, 0.25) is 5.02 Å². The number of halogens is 1. The molecule has 1 aromatic heterocycles. The number of Topliss-reactive ketones (excluding diaryl/α,β-unsaturated/α-hetero) is 2. The van der Waals surface area contributed by atoms with Crippen LogP contribution in [0.1, 0.15) is 67.3 Å². The maximum Gasteiger partial charge on any atom is 0.243 e. The van der Waals surface area contributed by atoms with Crippen molar-refractivity contribution in [2.75, 3.05) is 20.2 Å². The van der Waals surface area contributed by atoms with Gasteiger partial charge in [-0.05, 0) is 80.0 Å². The van der Waals surface area contributed by atoms with Gasteiger partial charge in [0.1, 0.15) is 5.75 Å². The molecule has 0 bridgehead atoms. The highest BCUT2D eigenvalue weighted by molar-refractivity contribution is 7.89. The molecule has 1 aliphatic heterocycles. The lowest BCUT2D eigenvalue weighted by atomic mass is 9.90. The van der Waals surface area contributed by atoms with E-state index in [0.29, 0.717) is 18.7 Å². The fourth-order valence-corrected chi connectivity index (χ4v) is 8.47. The summed E-state index contributed by atoms with van der Waals surface area (Å²) in [7, 11) is -2.08. The van der Waals surface area contributed by atoms with E-state index in [1.807, 2.05) is 24.3 Å². The predicted molar refractivity (Wildman–Crippen MR) is 149 cm³/mol. The largest absolute Gasteiger partial charge is 0.497 e. The van der Waals surface area contributed by atoms with E-state index in [1.165, 1.54) is 38.7 Å². The van der Waals surface area contributed by atoms with Crippen molar-refractivity contribution in [3.8, 4) is 5.75 Å². The number of nitrogens with zero attached hydrogens (tertiary/aromatic N) is 1. The SMILES string of the molecule is COc1ccc(CC(=O)c2c(CC(=O)c3cc(S(=O)(=O)N4CCCC4)ccc3Cl)sc3c2CCCC3)cc1. The van der Waals surface area contributed by atoms with Crippen molar-refractivity contribution in [3.63, 3.8) is 0 Å². The number of ether oxygens (including phenoxy) is 1. The summed E-state index contributed by atoms with van der Waals surface area (Å²) in [5, 5.41) is 0.211. The van der Waals surface area contributed by atoms with Crippen molar-refractivity contribution in [1.82, 2.24) is 4.31 Å². The Hall–Kier alpha value is -2.52. The number of carbonyl (C=O) groups is 2. The number of rotatable bonds is 9. The molecule has 1 saturated heterocycles. The molecule has 1 fully saturated rings. The van der Waals surface area contributed by atoms with Gasteiger partial charge in [-0.15, -0.1) is 11.3 Å². The molecule has 0 atom stereocenters. The van der Waals surface area contributed by atoms with Crippen molar-refractivity contribution in [2.24, 2.45) is 0 Å². The fourth-order valence-electron chi connectivity index (χ4n) is 5.29. The van der Waals surface area contributed by atoms with Crippen LogP contribution in [-0.4, -0.2) is 44.5 Å². The van der Waals surface area contributed by atoms with Crippen molar-refractivity contribution in [1.29, 1.82) is 0 Å². The van der Waals surface area contributed by atoms with E-state index >= 15 is 0 Å². The molecule has 5 rings (SSSR count). The predicted octanol–water partition coefficient (Wildman–Crippen LogP) is 5.92. The van der Waals surface area contributed by atoms with E-state index in [2.05, 4.69) is 0 Å². The van der Waals surface area contributed by atoms with Gasteiger partial charge in [-0.3, -0.25) is 9.59 Å². The first-order valence-electron chi connectivity index (χ1n) is 12.9. The van der Waals surface area contributed by atoms with E-state index in [0.717, 1.165) is 60.3 Å². The molecular formula is C29H30ClNO5S2. The van der Waals surface area contributed by atoms with Gasteiger partial charge in [0.25, 0.3) is 0 Å². The monoisotopic (exact) mass is 571 g/mol. The molecule has 0 N–H and O–H groups in total. The molecule has 1 aliphatic carbocycles. The Labute approximate surface area is 232 Å². The Morgan fingerprint density at radius 3 is 2.37 bits per heavy atom. The number of fused-ring (bicyclic) bond motifs is 1. The van der Waals surface area contributed by atoms with E-state index in [-0.39, 0.29) is 39.9 Å². The average molecular weight is 572 g/mol. The Bertz CT molecular complexity index is 1470. The highest BCUT2D eigenvalue weighted by atomic mass is 35.5. The van der Waals surface area contributed by atoms with Crippen LogP contribution < -0.4 is 4.74 Å². The maximum absolute atomic E-state index is 13.6. The highest BCUT2D eigenvalue weighted by Gasteiger charge is 2.30. The molecule has 0 unspecified atom stereocenters. The lowest BCUT2D eigenvalue weighted by Gasteiger charge is -2.16. The van der Waals surface area contributed by atoms with E-state index in [1.54, 1.807) is 7.11 Å². The Morgan fingerprint density at radius 1 is 0.947 bits per heavy atom. The Morgan fingerprint density at radius 2 is 1.66 bits per heavy atom. The maximum atomic E-state index is 13.6. The smallest absolute Gasteiger partial charge is 0.243 e. The second kappa shape index (κ2) is 11.3. The third-order valence-corrected chi connectivity index (χ3v) is 10.8. The minimum Gasteiger partial charge on any atom is -0.497 e. The number of ketones is 2. The molecule has 0 spiro atoms. The quantitative estimate of drug-likeness (QED) is 0.298.